The minimum absolute atomic E-state index is 0. The Balaban J connectivity index is 0.00000225. The molecule has 0 amide bonds. The molecule has 2 N–H and O–H groups in total. The number of halogens is 1. The zero-order chi connectivity index (χ0) is 17.1. The molecule has 1 aliphatic rings. The molecule has 0 aliphatic carbocycles. The Labute approximate surface area is 153 Å². The predicted octanol–water partition coefficient (Wildman–Crippen LogP) is 2.95. The maximum absolute atomic E-state index is 11.2. The maximum Gasteiger partial charge on any atom is 0.311 e. The average molecular weight is 364 g/mol. The van der Waals surface area contributed by atoms with Crippen molar-refractivity contribution in [1.82, 2.24) is 4.90 Å². The van der Waals surface area contributed by atoms with Crippen molar-refractivity contribution in [3.63, 3.8) is 0 Å². The molecule has 0 bridgehead atoms. The number of hydrogen-bond acceptors (Lipinski definition) is 5. The number of benzene rings is 2. The Bertz CT molecular complexity index is 727. The van der Waals surface area contributed by atoms with Crippen LogP contribution in [0.1, 0.15) is 17.0 Å². The van der Waals surface area contributed by atoms with Gasteiger partial charge < -0.3 is 10.5 Å². The van der Waals surface area contributed by atoms with Gasteiger partial charge in [0.05, 0.1) is 12.0 Å². The average Bonchev–Trinajstić information content (AvgIpc) is 2.96. The van der Waals surface area contributed by atoms with Crippen LogP contribution in [0.15, 0.2) is 48.5 Å². The van der Waals surface area contributed by atoms with E-state index < -0.39 is 4.92 Å². The van der Waals surface area contributed by atoms with E-state index in [1.54, 1.807) is 12.1 Å². The van der Waals surface area contributed by atoms with E-state index in [1.165, 1.54) is 12.7 Å². The molecular weight excluding hydrogens is 342 g/mol. The summed E-state index contributed by atoms with van der Waals surface area (Å²) in [5.41, 5.74) is 8.44. The highest BCUT2D eigenvalue weighted by Gasteiger charge is 2.31. The first kappa shape index (κ1) is 19.2. The van der Waals surface area contributed by atoms with Crippen LogP contribution in [-0.2, 0) is 6.54 Å². The molecule has 0 radical (unpaired) electrons. The summed E-state index contributed by atoms with van der Waals surface area (Å²) in [5.74, 6) is 0.573. The molecule has 2 atom stereocenters. The van der Waals surface area contributed by atoms with Gasteiger partial charge in [0.1, 0.15) is 0 Å². The Morgan fingerprint density at radius 3 is 2.60 bits per heavy atom. The molecule has 0 unspecified atom stereocenters. The Morgan fingerprint density at radius 1 is 1.24 bits per heavy atom. The predicted molar refractivity (Wildman–Crippen MR) is 99.3 cm³/mol. The fraction of sp³-hybridized carbons (Fsp3) is 0.333. The SMILES string of the molecule is COc1ccc(CN2C[C@@H](N)[C@H](c3ccccc3)C2)cc1[N+](=O)[O-].Cl. The fourth-order valence-electron chi connectivity index (χ4n) is 3.33. The van der Waals surface area contributed by atoms with Crippen molar-refractivity contribution in [3.8, 4) is 5.75 Å². The number of hydrogen-bond donors (Lipinski definition) is 1. The van der Waals surface area contributed by atoms with Crippen LogP contribution in [0.25, 0.3) is 0 Å². The molecule has 1 saturated heterocycles. The van der Waals surface area contributed by atoms with E-state index in [4.69, 9.17) is 10.5 Å². The van der Waals surface area contributed by atoms with Crippen LogP contribution in [0.5, 0.6) is 5.75 Å². The van der Waals surface area contributed by atoms with Crippen molar-refractivity contribution >= 4 is 18.1 Å². The van der Waals surface area contributed by atoms with Crippen molar-refractivity contribution in [1.29, 1.82) is 0 Å². The lowest BCUT2D eigenvalue weighted by molar-refractivity contribution is -0.385. The van der Waals surface area contributed by atoms with Gasteiger partial charge in [0.25, 0.3) is 0 Å². The molecule has 25 heavy (non-hydrogen) atoms. The summed E-state index contributed by atoms with van der Waals surface area (Å²) in [6, 6.07) is 15.4. The number of rotatable bonds is 5. The van der Waals surface area contributed by atoms with Gasteiger partial charge in [0.15, 0.2) is 5.75 Å². The highest BCUT2D eigenvalue weighted by atomic mass is 35.5. The largest absolute Gasteiger partial charge is 0.490 e. The topological polar surface area (TPSA) is 81.6 Å². The normalized spacial score (nSPS) is 20.1. The summed E-state index contributed by atoms with van der Waals surface area (Å²) in [4.78, 5) is 13.0. The molecule has 1 fully saturated rings. The standard InChI is InChI=1S/C18H21N3O3.ClH/c1-24-18-8-7-13(9-17(18)21(22)23)10-20-11-15(16(19)12-20)14-5-3-2-4-6-14;/h2-9,15-16H,10-12,19H2,1H3;1H/t15-,16+;/m0./s1. The second-order valence-corrected chi connectivity index (χ2v) is 6.14. The Kier molecular flexibility index (Phi) is 6.36. The lowest BCUT2D eigenvalue weighted by Gasteiger charge is -2.16. The lowest BCUT2D eigenvalue weighted by atomic mass is 9.95. The first-order valence-corrected chi connectivity index (χ1v) is 7.92. The van der Waals surface area contributed by atoms with Gasteiger partial charge >= 0.3 is 5.69 Å². The second kappa shape index (κ2) is 8.29. The monoisotopic (exact) mass is 363 g/mol. The minimum atomic E-state index is -0.412. The van der Waals surface area contributed by atoms with E-state index in [-0.39, 0.29) is 29.9 Å². The molecule has 134 valence electrons. The summed E-state index contributed by atoms with van der Waals surface area (Å²) < 4.78 is 5.05. The lowest BCUT2D eigenvalue weighted by Crippen LogP contribution is -2.28. The number of nitro groups is 1. The van der Waals surface area contributed by atoms with Crippen LogP contribution in [0, 0.1) is 10.1 Å². The first-order valence-electron chi connectivity index (χ1n) is 7.92. The van der Waals surface area contributed by atoms with Crippen LogP contribution >= 0.6 is 12.4 Å². The van der Waals surface area contributed by atoms with Gasteiger partial charge in [-0.2, -0.15) is 0 Å². The number of nitrogens with two attached hydrogens (primary N) is 1. The van der Waals surface area contributed by atoms with E-state index in [0.29, 0.717) is 12.5 Å². The maximum atomic E-state index is 11.2. The van der Waals surface area contributed by atoms with Crippen LogP contribution in [0.4, 0.5) is 5.69 Å². The van der Waals surface area contributed by atoms with Crippen molar-refractivity contribution in [2.45, 2.75) is 18.5 Å². The van der Waals surface area contributed by atoms with E-state index in [0.717, 1.165) is 18.7 Å². The van der Waals surface area contributed by atoms with Gasteiger partial charge in [-0.15, -0.1) is 12.4 Å². The molecule has 0 saturated carbocycles. The summed E-state index contributed by atoms with van der Waals surface area (Å²) in [5, 5.41) is 11.2. The number of likely N-dealkylation sites (tertiary alicyclic amines) is 1. The second-order valence-electron chi connectivity index (χ2n) is 6.14. The third-order valence-corrected chi connectivity index (χ3v) is 4.51. The van der Waals surface area contributed by atoms with E-state index in [9.17, 15) is 10.1 Å². The quantitative estimate of drug-likeness (QED) is 0.652. The molecule has 3 rings (SSSR count). The highest BCUT2D eigenvalue weighted by Crippen LogP contribution is 2.30. The molecule has 0 aromatic heterocycles. The van der Waals surface area contributed by atoms with Crippen molar-refractivity contribution < 1.29 is 9.66 Å². The van der Waals surface area contributed by atoms with Gasteiger partial charge in [-0.05, 0) is 17.2 Å². The van der Waals surface area contributed by atoms with E-state index >= 15 is 0 Å². The van der Waals surface area contributed by atoms with Crippen LogP contribution < -0.4 is 10.5 Å². The zero-order valence-electron chi connectivity index (χ0n) is 14.0. The van der Waals surface area contributed by atoms with Gasteiger partial charge in [0.2, 0.25) is 0 Å². The van der Waals surface area contributed by atoms with Gasteiger partial charge in [0, 0.05) is 37.7 Å². The Hall–Kier alpha value is -2.15. The minimum Gasteiger partial charge on any atom is -0.490 e. The third-order valence-electron chi connectivity index (χ3n) is 4.51. The number of ether oxygens (including phenoxy) is 1. The highest BCUT2D eigenvalue weighted by molar-refractivity contribution is 5.85. The van der Waals surface area contributed by atoms with Gasteiger partial charge in [-0.1, -0.05) is 36.4 Å². The van der Waals surface area contributed by atoms with Crippen LogP contribution in [-0.4, -0.2) is 36.1 Å². The molecule has 2 aromatic rings. The fourth-order valence-corrected chi connectivity index (χ4v) is 3.33. The molecule has 7 heteroatoms. The van der Waals surface area contributed by atoms with Gasteiger partial charge in [-0.3, -0.25) is 15.0 Å². The number of nitrogens with zero attached hydrogens (tertiary/aromatic N) is 2. The van der Waals surface area contributed by atoms with Crippen molar-refractivity contribution in [3.05, 3.63) is 69.8 Å². The van der Waals surface area contributed by atoms with Crippen LogP contribution in [0.3, 0.4) is 0 Å². The van der Waals surface area contributed by atoms with Crippen molar-refractivity contribution in [2.24, 2.45) is 5.73 Å². The first-order chi connectivity index (χ1) is 11.6. The smallest absolute Gasteiger partial charge is 0.311 e. The summed E-state index contributed by atoms with van der Waals surface area (Å²) in [6.07, 6.45) is 0. The summed E-state index contributed by atoms with van der Waals surface area (Å²) in [7, 11) is 1.44. The van der Waals surface area contributed by atoms with Crippen LogP contribution in [0.2, 0.25) is 0 Å². The Morgan fingerprint density at radius 2 is 1.96 bits per heavy atom. The molecule has 0 spiro atoms. The summed E-state index contributed by atoms with van der Waals surface area (Å²) >= 11 is 0. The molecule has 2 aromatic carbocycles. The van der Waals surface area contributed by atoms with E-state index in [2.05, 4.69) is 17.0 Å². The molecular formula is C18H22ClN3O3. The molecule has 1 aliphatic heterocycles. The van der Waals surface area contributed by atoms with E-state index in [1.807, 2.05) is 24.3 Å². The zero-order valence-corrected chi connectivity index (χ0v) is 14.8. The molecule has 6 nitrogen and oxygen atoms in total. The number of nitro benzene ring substituents is 1. The molecule has 1 heterocycles. The summed E-state index contributed by atoms with van der Waals surface area (Å²) in [6.45, 7) is 2.27. The number of methoxy groups -OCH3 is 1. The van der Waals surface area contributed by atoms with Crippen molar-refractivity contribution in [2.75, 3.05) is 20.2 Å². The third kappa shape index (κ3) is 4.28. The van der Waals surface area contributed by atoms with Gasteiger partial charge in [-0.25, -0.2) is 0 Å².